The number of aromatic hydroxyl groups is 1. The maximum Gasteiger partial charge on any atom is 0.336 e. The molecule has 0 fully saturated rings. The summed E-state index contributed by atoms with van der Waals surface area (Å²) in [7, 11) is 1.13. The van der Waals surface area contributed by atoms with Crippen LogP contribution in [-0.4, -0.2) is 46.8 Å². The lowest BCUT2D eigenvalue weighted by molar-refractivity contribution is -0.149. The van der Waals surface area contributed by atoms with Crippen LogP contribution in [0.25, 0.3) is 0 Å². The monoisotopic (exact) mass is 240 g/mol. The van der Waals surface area contributed by atoms with Gasteiger partial charge in [0.1, 0.15) is 5.75 Å². The van der Waals surface area contributed by atoms with Crippen LogP contribution in [0.4, 0.5) is 0 Å². The predicted octanol–water partition coefficient (Wildman–Crippen LogP) is -0.949. The predicted molar refractivity (Wildman–Crippen MR) is 56.3 cm³/mol. The van der Waals surface area contributed by atoms with Gasteiger partial charge in [-0.3, -0.25) is 9.78 Å². The van der Waals surface area contributed by atoms with Gasteiger partial charge in [0.25, 0.3) is 5.91 Å². The van der Waals surface area contributed by atoms with Crippen molar-refractivity contribution in [2.24, 2.45) is 0 Å². The van der Waals surface area contributed by atoms with Crippen LogP contribution in [0, 0.1) is 0 Å². The zero-order chi connectivity index (χ0) is 12.8. The fraction of sp³-hybridized carbons (Fsp3) is 0.300. The first-order chi connectivity index (χ1) is 8.04. The number of hydrogen-bond acceptors (Lipinski definition) is 6. The van der Waals surface area contributed by atoms with Gasteiger partial charge in [0.2, 0.25) is 0 Å². The molecule has 0 spiro atoms. The third kappa shape index (κ3) is 3.72. The van der Waals surface area contributed by atoms with E-state index < -0.39 is 18.0 Å². The number of carbonyl (C=O) groups is 2. The second-order valence-electron chi connectivity index (χ2n) is 3.18. The molecule has 3 N–H and O–H groups in total. The molecule has 7 heteroatoms. The summed E-state index contributed by atoms with van der Waals surface area (Å²) in [6, 6.07) is 1.22. The fourth-order valence-corrected chi connectivity index (χ4v) is 1.06. The smallest absolute Gasteiger partial charge is 0.336 e. The van der Waals surface area contributed by atoms with E-state index in [1.165, 1.54) is 18.5 Å². The Bertz CT molecular complexity index is 421. The van der Waals surface area contributed by atoms with Crippen molar-refractivity contribution in [3.05, 3.63) is 24.0 Å². The first-order valence-corrected chi connectivity index (χ1v) is 4.72. The van der Waals surface area contributed by atoms with Crippen LogP contribution in [0.1, 0.15) is 10.4 Å². The summed E-state index contributed by atoms with van der Waals surface area (Å²) in [5, 5.41) is 20.6. The summed E-state index contributed by atoms with van der Waals surface area (Å²) in [5.41, 5.74) is 0.127. The van der Waals surface area contributed by atoms with Crippen LogP contribution < -0.4 is 5.32 Å². The number of amides is 1. The van der Waals surface area contributed by atoms with Crippen LogP contribution in [0.3, 0.4) is 0 Å². The summed E-state index contributed by atoms with van der Waals surface area (Å²) >= 11 is 0. The molecule has 0 saturated carbocycles. The molecule has 0 radical (unpaired) electrons. The molecule has 1 aromatic rings. The van der Waals surface area contributed by atoms with E-state index in [2.05, 4.69) is 15.0 Å². The molecule has 7 nitrogen and oxygen atoms in total. The fourth-order valence-electron chi connectivity index (χ4n) is 1.06. The number of esters is 1. The van der Waals surface area contributed by atoms with E-state index in [0.29, 0.717) is 0 Å². The molecule has 1 atom stereocenters. The number of aliphatic hydroxyl groups is 1. The molecule has 1 amide bonds. The average molecular weight is 240 g/mol. The van der Waals surface area contributed by atoms with E-state index in [-0.39, 0.29) is 17.9 Å². The van der Waals surface area contributed by atoms with Crippen molar-refractivity contribution in [3.63, 3.8) is 0 Å². The number of methoxy groups -OCH3 is 1. The Morgan fingerprint density at radius 1 is 1.53 bits per heavy atom. The van der Waals surface area contributed by atoms with Crippen LogP contribution >= 0.6 is 0 Å². The summed E-state index contributed by atoms with van der Waals surface area (Å²) in [4.78, 5) is 25.9. The van der Waals surface area contributed by atoms with Gasteiger partial charge in [0.05, 0.1) is 25.4 Å². The highest BCUT2D eigenvalue weighted by atomic mass is 16.5. The minimum atomic E-state index is -1.42. The number of carbonyl (C=O) groups excluding carboxylic acids is 2. The second kappa shape index (κ2) is 5.80. The van der Waals surface area contributed by atoms with Crippen molar-refractivity contribution in [2.75, 3.05) is 13.7 Å². The summed E-state index contributed by atoms with van der Waals surface area (Å²) < 4.78 is 4.28. The Morgan fingerprint density at radius 3 is 2.82 bits per heavy atom. The van der Waals surface area contributed by atoms with Gasteiger partial charge in [-0.1, -0.05) is 0 Å². The lowest BCUT2D eigenvalue weighted by Crippen LogP contribution is -2.37. The Hall–Kier alpha value is -2.15. The number of ether oxygens (including phenoxy) is 1. The molecule has 1 aromatic heterocycles. The van der Waals surface area contributed by atoms with Crippen LogP contribution in [0.2, 0.25) is 0 Å². The Kier molecular flexibility index (Phi) is 4.41. The number of rotatable bonds is 4. The van der Waals surface area contributed by atoms with Gasteiger partial charge >= 0.3 is 5.97 Å². The van der Waals surface area contributed by atoms with Gasteiger partial charge in [-0.05, 0) is 6.07 Å². The maximum atomic E-state index is 11.5. The van der Waals surface area contributed by atoms with Crippen LogP contribution in [0.5, 0.6) is 5.75 Å². The van der Waals surface area contributed by atoms with Crippen molar-refractivity contribution in [1.29, 1.82) is 0 Å². The Balaban J connectivity index is 2.53. The topological polar surface area (TPSA) is 109 Å². The highest BCUT2D eigenvalue weighted by molar-refractivity contribution is 5.94. The molecule has 0 aliphatic rings. The third-order valence-electron chi connectivity index (χ3n) is 1.92. The molecular formula is C10H12N2O5. The molecule has 0 bridgehead atoms. The Labute approximate surface area is 97.1 Å². The first-order valence-electron chi connectivity index (χ1n) is 4.72. The van der Waals surface area contributed by atoms with E-state index in [1.54, 1.807) is 0 Å². The summed E-state index contributed by atoms with van der Waals surface area (Å²) in [6.45, 7) is -0.277. The SMILES string of the molecule is COC(=O)C(O)CNC(=O)c1cncc(O)c1. The molecular weight excluding hydrogens is 228 g/mol. The number of aliphatic hydroxyl groups excluding tert-OH is 1. The molecule has 92 valence electrons. The molecule has 0 saturated heterocycles. The number of aromatic nitrogens is 1. The van der Waals surface area contributed by atoms with Gasteiger partial charge in [0, 0.05) is 6.20 Å². The van der Waals surface area contributed by atoms with Gasteiger partial charge in [0.15, 0.2) is 6.10 Å². The second-order valence-corrected chi connectivity index (χ2v) is 3.18. The summed E-state index contributed by atoms with van der Waals surface area (Å²) in [6.07, 6.45) is 1.01. The Morgan fingerprint density at radius 2 is 2.24 bits per heavy atom. The molecule has 0 aliphatic carbocycles. The van der Waals surface area contributed by atoms with E-state index in [1.807, 2.05) is 0 Å². The van der Waals surface area contributed by atoms with Crippen molar-refractivity contribution < 1.29 is 24.5 Å². The highest BCUT2D eigenvalue weighted by Crippen LogP contribution is 2.07. The average Bonchev–Trinajstić information content (AvgIpc) is 2.34. The lowest BCUT2D eigenvalue weighted by Gasteiger charge is -2.09. The number of pyridine rings is 1. The highest BCUT2D eigenvalue weighted by Gasteiger charge is 2.16. The summed E-state index contributed by atoms with van der Waals surface area (Å²) in [5.74, 6) is -1.54. The molecule has 1 heterocycles. The third-order valence-corrected chi connectivity index (χ3v) is 1.92. The van der Waals surface area contributed by atoms with Gasteiger partial charge in [-0.25, -0.2) is 4.79 Å². The minimum Gasteiger partial charge on any atom is -0.506 e. The maximum absolute atomic E-state index is 11.5. The van der Waals surface area contributed by atoms with Crippen molar-refractivity contribution >= 4 is 11.9 Å². The minimum absolute atomic E-state index is 0.127. The molecule has 1 rings (SSSR count). The lowest BCUT2D eigenvalue weighted by atomic mass is 10.2. The number of nitrogens with one attached hydrogen (secondary N) is 1. The zero-order valence-electron chi connectivity index (χ0n) is 9.08. The van der Waals surface area contributed by atoms with E-state index >= 15 is 0 Å². The number of nitrogens with zero attached hydrogens (tertiary/aromatic N) is 1. The van der Waals surface area contributed by atoms with Gasteiger partial charge in [-0.15, -0.1) is 0 Å². The van der Waals surface area contributed by atoms with Crippen molar-refractivity contribution in [3.8, 4) is 5.75 Å². The number of hydrogen-bond donors (Lipinski definition) is 3. The quantitative estimate of drug-likeness (QED) is 0.585. The van der Waals surface area contributed by atoms with Crippen molar-refractivity contribution in [2.45, 2.75) is 6.10 Å². The van der Waals surface area contributed by atoms with Crippen molar-refractivity contribution in [1.82, 2.24) is 10.3 Å². The van der Waals surface area contributed by atoms with Crippen LogP contribution in [0.15, 0.2) is 18.5 Å². The van der Waals surface area contributed by atoms with Gasteiger partial charge < -0.3 is 20.3 Å². The molecule has 0 aromatic carbocycles. The molecule has 0 aliphatic heterocycles. The largest absolute Gasteiger partial charge is 0.506 e. The standard InChI is InChI=1S/C10H12N2O5/c1-17-10(16)8(14)5-12-9(15)6-2-7(13)4-11-3-6/h2-4,8,13-14H,5H2,1H3,(H,12,15). The molecule has 17 heavy (non-hydrogen) atoms. The van der Waals surface area contributed by atoms with Crippen LogP contribution in [-0.2, 0) is 9.53 Å². The first kappa shape index (κ1) is 12.9. The van der Waals surface area contributed by atoms with Gasteiger partial charge in [-0.2, -0.15) is 0 Å². The van der Waals surface area contributed by atoms with E-state index in [4.69, 9.17) is 5.11 Å². The van der Waals surface area contributed by atoms with E-state index in [0.717, 1.165) is 7.11 Å². The van der Waals surface area contributed by atoms with E-state index in [9.17, 15) is 14.7 Å². The normalized spacial score (nSPS) is 11.6. The zero-order valence-corrected chi connectivity index (χ0v) is 9.08. The molecule has 1 unspecified atom stereocenters.